The van der Waals surface area contributed by atoms with E-state index in [4.69, 9.17) is 0 Å². The Morgan fingerprint density at radius 1 is 0.708 bits per heavy atom. The number of ketones is 2. The van der Waals surface area contributed by atoms with Gasteiger partial charge in [0.05, 0.1) is 0 Å². The summed E-state index contributed by atoms with van der Waals surface area (Å²) in [5.41, 5.74) is 0.479. The standard InChI is InChI=1S/2C11H20O/c2*1-8-6-5-7-11(3,4)10(8)9(2)12/h2*8,10H,5-7H2,1-4H3/t2*8-,10+/m10/s1. The molecule has 0 unspecified atom stereocenters. The Morgan fingerprint density at radius 3 is 1.17 bits per heavy atom. The van der Waals surface area contributed by atoms with Crippen LogP contribution in [0.2, 0.25) is 0 Å². The maximum absolute atomic E-state index is 11.4. The van der Waals surface area contributed by atoms with Crippen molar-refractivity contribution in [1.82, 2.24) is 0 Å². The summed E-state index contributed by atoms with van der Waals surface area (Å²) < 4.78 is 0. The fourth-order valence-electron chi connectivity index (χ4n) is 5.85. The monoisotopic (exact) mass is 336 g/mol. The van der Waals surface area contributed by atoms with Gasteiger partial charge in [-0.05, 0) is 62.2 Å². The normalized spacial score (nSPS) is 34.7. The third kappa shape index (κ3) is 5.17. The van der Waals surface area contributed by atoms with Gasteiger partial charge in [0.2, 0.25) is 0 Å². The van der Waals surface area contributed by atoms with Crippen molar-refractivity contribution in [3.63, 3.8) is 0 Å². The zero-order valence-electron chi connectivity index (χ0n) is 17.4. The predicted octanol–water partition coefficient (Wildman–Crippen LogP) is 6.08. The van der Waals surface area contributed by atoms with Crippen molar-refractivity contribution in [3.05, 3.63) is 0 Å². The first kappa shape index (κ1) is 21.4. The van der Waals surface area contributed by atoms with Gasteiger partial charge in [-0.1, -0.05) is 54.4 Å². The maximum Gasteiger partial charge on any atom is 0.133 e. The van der Waals surface area contributed by atoms with E-state index in [1.165, 1.54) is 38.5 Å². The molecule has 2 heteroatoms. The number of hydrogen-bond acceptors (Lipinski definition) is 2. The van der Waals surface area contributed by atoms with Crippen LogP contribution in [0.1, 0.15) is 93.9 Å². The molecule has 0 aliphatic heterocycles. The van der Waals surface area contributed by atoms with E-state index < -0.39 is 0 Å². The summed E-state index contributed by atoms with van der Waals surface area (Å²) in [6, 6.07) is 0. The molecule has 0 aromatic rings. The van der Waals surface area contributed by atoms with Gasteiger partial charge in [0.1, 0.15) is 11.6 Å². The van der Waals surface area contributed by atoms with E-state index in [-0.39, 0.29) is 10.8 Å². The van der Waals surface area contributed by atoms with Gasteiger partial charge in [-0.15, -0.1) is 0 Å². The Bertz CT molecular complexity index is 405. The summed E-state index contributed by atoms with van der Waals surface area (Å²) in [7, 11) is 0. The average molecular weight is 337 g/mol. The highest BCUT2D eigenvalue weighted by Gasteiger charge is 2.40. The molecule has 2 rings (SSSR count). The van der Waals surface area contributed by atoms with Crippen LogP contribution in [0.25, 0.3) is 0 Å². The van der Waals surface area contributed by atoms with Gasteiger partial charge in [0.25, 0.3) is 0 Å². The summed E-state index contributed by atoms with van der Waals surface area (Å²) in [5.74, 6) is 2.54. The summed E-state index contributed by atoms with van der Waals surface area (Å²) in [4.78, 5) is 22.8. The molecule has 0 spiro atoms. The molecule has 0 N–H and O–H groups in total. The Kier molecular flexibility index (Phi) is 7.26. The van der Waals surface area contributed by atoms with Crippen molar-refractivity contribution < 1.29 is 9.59 Å². The van der Waals surface area contributed by atoms with Gasteiger partial charge in [-0.2, -0.15) is 0 Å². The number of hydrogen-bond donors (Lipinski definition) is 0. The molecule has 0 aromatic heterocycles. The molecule has 140 valence electrons. The fourth-order valence-corrected chi connectivity index (χ4v) is 5.85. The molecule has 2 aliphatic carbocycles. The molecule has 0 bridgehead atoms. The Labute approximate surface area is 150 Å². The molecule has 2 saturated carbocycles. The predicted molar refractivity (Wildman–Crippen MR) is 102 cm³/mol. The molecule has 0 aromatic carbocycles. The second kappa shape index (κ2) is 8.15. The van der Waals surface area contributed by atoms with Crippen molar-refractivity contribution in [3.8, 4) is 0 Å². The molecule has 0 radical (unpaired) electrons. The van der Waals surface area contributed by atoms with Crippen LogP contribution >= 0.6 is 0 Å². The lowest BCUT2D eigenvalue weighted by atomic mass is 9.63. The fraction of sp³-hybridized carbons (Fsp3) is 0.909. The van der Waals surface area contributed by atoms with Crippen molar-refractivity contribution in [1.29, 1.82) is 0 Å². The lowest BCUT2D eigenvalue weighted by Gasteiger charge is -2.41. The molecule has 2 aliphatic rings. The van der Waals surface area contributed by atoms with Gasteiger partial charge >= 0.3 is 0 Å². The first-order valence-electron chi connectivity index (χ1n) is 9.91. The molecule has 2 nitrogen and oxygen atoms in total. The van der Waals surface area contributed by atoms with Crippen LogP contribution in [-0.4, -0.2) is 11.6 Å². The number of carbonyl (C=O) groups excluding carboxylic acids is 2. The maximum atomic E-state index is 11.4. The van der Waals surface area contributed by atoms with Crippen LogP contribution in [0.3, 0.4) is 0 Å². The zero-order chi connectivity index (χ0) is 18.7. The molecule has 0 amide bonds. The van der Waals surface area contributed by atoms with Crippen LogP contribution in [0.15, 0.2) is 0 Å². The zero-order valence-corrected chi connectivity index (χ0v) is 17.4. The molecule has 4 atom stereocenters. The van der Waals surface area contributed by atoms with Crippen LogP contribution in [0, 0.1) is 34.5 Å². The highest BCUT2D eigenvalue weighted by atomic mass is 16.1. The van der Waals surface area contributed by atoms with Crippen LogP contribution in [-0.2, 0) is 9.59 Å². The quantitative estimate of drug-likeness (QED) is 0.612. The highest BCUT2D eigenvalue weighted by molar-refractivity contribution is 5.79. The van der Waals surface area contributed by atoms with Crippen molar-refractivity contribution >= 4 is 11.6 Å². The van der Waals surface area contributed by atoms with Crippen molar-refractivity contribution in [2.75, 3.05) is 0 Å². The van der Waals surface area contributed by atoms with Crippen LogP contribution < -0.4 is 0 Å². The Morgan fingerprint density at radius 2 is 1.00 bits per heavy atom. The molecule has 0 saturated heterocycles. The van der Waals surface area contributed by atoms with E-state index in [0.717, 1.165) is 0 Å². The van der Waals surface area contributed by atoms with Gasteiger partial charge < -0.3 is 0 Å². The van der Waals surface area contributed by atoms with Gasteiger partial charge in [0.15, 0.2) is 0 Å². The van der Waals surface area contributed by atoms with E-state index in [1.54, 1.807) is 13.8 Å². The Balaban J connectivity index is 0.000000240. The van der Waals surface area contributed by atoms with E-state index >= 15 is 0 Å². The average Bonchev–Trinajstić information content (AvgIpc) is 2.35. The molecular weight excluding hydrogens is 296 g/mol. The molecule has 0 heterocycles. The molecule has 2 fully saturated rings. The second-order valence-corrected chi connectivity index (χ2v) is 9.89. The first-order chi connectivity index (χ1) is 10.9. The third-order valence-corrected chi connectivity index (χ3v) is 6.66. The highest BCUT2D eigenvalue weighted by Crippen LogP contribution is 2.45. The summed E-state index contributed by atoms with van der Waals surface area (Å²) in [6.07, 6.45) is 7.46. The number of rotatable bonds is 2. The van der Waals surface area contributed by atoms with E-state index in [0.29, 0.717) is 35.2 Å². The van der Waals surface area contributed by atoms with E-state index in [1.807, 2.05) is 0 Å². The van der Waals surface area contributed by atoms with Gasteiger partial charge in [0, 0.05) is 11.8 Å². The lowest BCUT2D eigenvalue weighted by molar-refractivity contribution is -0.129. The van der Waals surface area contributed by atoms with Crippen molar-refractivity contribution in [2.45, 2.75) is 93.9 Å². The van der Waals surface area contributed by atoms with E-state index in [9.17, 15) is 9.59 Å². The minimum absolute atomic E-state index is 0.240. The Hall–Kier alpha value is -0.660. The summed E-state index contributed by atoms with van der Waals surface area (Å²) in [5, 5.41) is 0. The van der Waals surface area contributed by atoms with Crippen molar-refractivity contribution in [2.24, 2.45) is 34.5 Å². The van der Waals surface area contributed by atoms with Gasteiger partial charge in [-0.3, -0.25) is 9.59 Å². The SMILES string of the molecule is CC(=O)[C@@H]1[C@H](C)CCCC1(C)C.CC(=O)[C@H]1[C@@H](C)CCCC1(C)C. The largest absolute Gasteiger partial charge is 0.300 e. The van der Waals surface area contributed by atoms with Gasteiger partial charge in [-0.25, -0.2) is 0 Å². The number of carbonyl (C=O) groups is 2. The smallest absolute Gasteiger partial charge is 0.133 e. The topological polar surface area (TPSA) is 34.1 Å². The minimum atomic E-state index is 0.240. The minimum Gasteiger partial charge on any atom is -0.300 e. The molecular formula is C22H40O2. The third-order valence-electron chi connectivity index (χ3n) is 6.66. The first-order valence-corrected chi connectivity index (χ1v) is 9.91. The second-order valence-electron chi connectivity index (χ2n) is 9.89. The summed E-state index contributed by atoms with van der Waals surface area (Å²) >= 11 is 0. The number of Topliss-reactive ketones (excluding diaryl/α,β-unsaturated/α-hetero) is 2. The lowest BCUT2D eigenvalue weighted by Crippen LogP contribution is -2.38. The van der Waals surface area contributed by atoms with E-state index in [2.05, 4.69) is 41.5 Å². The van der Waals surface area contributed by atoms with Crippen LogP contribution in [0.5, 0.6) is 0 Å². The van der Waals surface area contributed by atoms with Crippen LogP contribution in [0.4, 0.5) is 0 Å². The molecule has 24 heavy (non-hydrogen) atoms. The summed E-state index contributed by atoms with van der Waals surface area (Å²) in [6.45, 7) is 16.8.